The number of nitrogens with one attached hydrogen (secondary N) is 1. The normalized spacial score (nSPS) is 10.9. The van der Waals surface area contributed by atoms with Gasteiger partial charge in [0.25, 0.3) is 11.5 Å². The van der Waals surface area contributed by atoms with Crippen LogP contribution in [0.2, 0.25) is 10.0 Å². The van der Waals surface area contributed by atoms with E-state index in [4.69, 9.17) is 27.9 Å². The van der Waals surface area contributed by atoms with Crippen LogP contribution in [-0.2, 0) is 33.8 Å². The van der Waals surface area contributed by atoms with Gasteiger partial charge in [-0.1, -0.05) is 54.7 Å². The summed E-state index contributed by atoms with van der Waals surface area (Å²) in [6, 6.07) is 12.4. The maximum absolute atomic E-state index is 12.9. The molecular formula is C24H25Cl2N3O4. The molecule has 0 atom stereocenters. The van der Waals surface area contributed by atoms with E-state index >= 15 is 0 Å². The molecule has 0 bridgehead atoms. The van der Waals surface area contributed by atoms with Gasteiger partial charge in [-0.2, -0.15) is 0 Å². The number of ether oxygens (including phenoxy) is 1. The molecule has 0 aliphatic carbocycles. The van der Waals surface area contributed by atoms with Crippen LogP contribution in [0.15, 0.2) is 47.3 Å². The van der Waals surface area contributed by atoms with Crippen molar-refractivity contribution in [3.63, 3.8) is 0 Å². The Labute approximate surface area is 201 Å². The summed E-state index contributed by atoms with van der Waals surface area (Å²) in [5.41, 5.74) is 2.29. The number of fused-ring (bicyclic) bond motifs is 1. The number of hydrogen-bond acceptors (Lipinski definition) is 5. The second-order valence-corrected chi connectivity index (χ2v) is 8.37. The fraction of sp³-hybridized carbons (Fsp3) is 0.333. The molecule has 3 rings (SSSR count). The zero-order valence-corrected chi connectivity index (χ0v) is 19.8. The van der Waals surface area contributed by atoms with Gasteiger partial charge in [-0.05, 0) is 36.2 Å². The number of hydrogen-bond donors (Lipinski definition) is 1. The number of aryl methyl sites for hydroxylation is 2. The fourth-order valence-corrected chi connectivity index (χ4v) is 3.77. The van der Waals surface area contributed by atoms with E-state index in [0.717, 1.165) is 18.4 Å². The second kappa shape index (κ2) is 11.8. The highest BCUT2D eigenvalue weighted by atomic mass is 35.5. The van der Waals surface area contributed by atoms with E-state index in [1.54, 1.807) is 22.8 Å². The highest BCUT2D eigenvalue weighted by Gasteiger charge is 2.14. The van der Waals surface area contributed by atoms with Crippen LogP contribution in [0.4, 0.5) is 0 Å². The standard InChI is InChI=1S/C24H25Cl2N3O4/c1-2-3-12-29-21-7-5-4-6-19(21)28-20(24(29)32)10-11-23(31)33-15-22(30)27-14-16-8-9-17(25)13-18(16)26/h4-9,13H,2-3,10-12,14-15H2,1H3,(H,27,30). The van der Waals surface area contributed by atoms with Gasteiger partial charge in [0.15, 0.2) is 6.61 Å². The number of halogens is 2. The Kier molecular flexibility index (Phi) is 8.86. The van der Waals surface area contributed by atoms with E-state index in [1.807, 2.05) is 24.3 Å². The molecule has 2 aromatic carbocycles. The lowest BCUT2D eigenvalue weighted by Crippen LogP contribution is -2.29. The Morgan fingerprint density at radius 2 is 1.94 bits per heavy atom. The highest BCUT2D eigenvalue weighted by Crippen LogP contribution is 2.20. The molecule has 174 valence electrons. The number of esters is 1. The summed E-state index contributed by atoms with van der Waals surface area (Å²) in [4.78, 5) is 41.5. The summed E-state index contributed by atoms with van der Waals surface area (Å²) in [6.45, 7) is 2.42. The molecular weight excluding hydrogens is 465 g/mol. The van der Waals surface area contributed by atoms with Gasteiger partial charge in [-0.15, -0.1) is 0 Å². The van der Waals surface area contributed by atoms with Crippen LogP contribution in [0.5, 0.6) is 0 Å². The van der Waals surface area contributed by atoms with Crippen molar-refractivity contribution in [3.8, 4) is 0 Å². The van der Waals surface area contributed by atoms with Crippen molar-refractivity contribution in [3.05, 3.63) is 74.1 Å². The van der Waals surface area contributed by atoms with Crippen LogP contribution in [0.1, 0.15) is 37.4 Å². The molecule has 9 heteroatoms. The monoisotopic (exact) mass is 489 g/mol. The molecule has 1 aromatic heterocycles. The first-order valence-corrected chi connectivity index (χ1v) is 11.5. The minimum atomic E-state index is -0.579. The molecule has 0 saturated heterocycles. The molecule has 7 nitrogen and oxygen atoms in total. The molecule has 0 fully saturated rings. The van der Waals surface area contributed by atoms with E-state index < -0.39 is 18.5 Å². The van der Waals surface area contributed by atoms with E-state index in [1.165, 1.54) is 0 Å². The van der Waals surface area contributed by atoms with E-state index in [2.05, 4.69) is 17.2 Å². The minimum absolute atomic E-state index is 0.0509. The molecule has 0 spiro atoms. The maximum Gasteiger partial charge on any atom is 0.306 e. The van der Waals surface area contributed by atoms with Crippen LogP contribution in [0, 0.1) is 0 Å². The summed E-state index contributed by atoms with van der Waals surface area (Å²) < 4.78 is 6.75. The van der Waals surface area contributed by atoms with Crippen molar-refractivity contribution in [1.29, 1.82) is 0 Å². The van der Waals surface area contributed by atoms with Crippen molar-refractivity contribution in [2.45, 2.75) is 45.7 Å². The van der Waals surface area contributed by atoms with Gasteiger partial charge in [0.05, 0.1) is 17.5 Å². The van der Waals surface area contributed by atoms with Gasteiger partial charge < -0.3 is 14.6 Å². The molecule has 33 heavy (non-hydrogen) atoms. The van der Waals surface area contributed by atoms with Crippen molar-refractivity contribution < 1.29 is 14.3 Å². The first-order valence-electron chi connectivity index (χ1n) is 10.7. The number of benzene rings is 2. The van der Waals surface area contributed by atoms with Gasteiger partial charge in [-0.3, -0.25) is 14.4 Å². The quantitative estimate of drug-likeness (QED) is 0.428. The lowest BCUT2D eigenvalue weighted by atomic mass is 10.2. The molecule has 1 heterocycles. The first kappa shape index (κ1) is 24.7. The summed E-state index contributed by atoms with van der Waals surface area (Å²) in [5, 5.41) is 3.57. The van der Waals surface area contributed by atoms with Gasteiger partial charge in [0.1, 0.15) is 5.69 Å². The largest absolute Gasteiger partial charge is 0.456 e. The van der Waals surface area contributed by atoms with Gasteiger partial charge >= 0.3 is 5.97 Å². The molecule has 0 aliphatic heterocycles. The Bertz CT molecular complexity index is 1210. The topological polar surface area (TPSA) is 90.3 Å². The van der Waals surface area contributed by atoms with Crippen molar-refractivity contribution in [1.82, 2.24) is 14.9 Å². The van der Waals surface area contributed by atoms with Crippen LogP contribution in [-0.4, -0.2) is 28.0 Å². The Morgan fingerprint density at radius 3 is 2.70 bits per heavy atom. The number of carbonyl (C=O) groups excluding carboxylic acids is 2. The predicted molar refractivity (Wildman–Crippen MR) is 128 cm³/mol. The smallest absolute Gasteiger partial charge is 0.306 e. The average Bonchev–Trinajstić information content (AvgIpc) is 2.80. The Balaban J connectivity index is 1.54. The summed E-state index contributed by atoms with van der Waals surface area (Å²) in [5.74, 6) is -1.04. The molecule has 1 amide bonds. The molecule has 0 saturated carbocycles. The SMILES string of the molecule is CCCCn1c(=O)c(CCC(=O)OCC(=O)NCc2ccc(Cl)cc2Cl)nc2ccccc21. The third kappa shape index (κ3) is 6.79. The Hall–Kier alpha value is -2.90. The van der Waals surface area contributed by atoms with Crippen LogP contribution < -0.4 is 10.9 Å². The molecule has 0 radical (unpaired) electrons. The van der Waals surface area contributed by atoms with Crippen LogP contribution in [0.3, 0.4) is 0 Å². The van der Waals surface area contributed by atoms with Crippen molar-refractivity contribution >= 4 is 46.1 Å². The van der Waals surface area contributed by atoms with Gasteiger partial charge in [0.2, 0.25) is 0 Å². The first-order chi connectivity index (χ1) is 15.9. The lowest BCUT2D eigenvalue weighted by molar-refractivity contribution is -0.148. The molecule has 1 N–H and O–H groups in total. The fourth-order valence-electron chi connectivity index (χ4n) is 3.29. The third-order valence-electron chi connectivity index (χ3n) is 5.08. The molecule has 0 unspecified atom stereocenters. The van der Waals surface area contributed by atoms with E-state index in [0.29, 0.717) is 33.4 Å². The summed E-state index contributed by atoms with van der Waals surface area (Å²) in [7, 11) is 0. The summed E-state index contributed by atoms with van der Waals surface area (Å²) in [6.07, 6.45) is 1.91. The van der Waals surface area contributed by atoms with Gasteiger partial charge in [-0.25, -0.2) is 4.98 Å². The van der Waals surface area contributed by atoms with Crippen LogP contribution >= 0.6 is 23.2 Å². The highest BCUT2D eigenvalue weighted by molar-refractivity contribution is 6.35. The minimum Gasteiger partial charge on any atom is -0.456 e. The van der Waals surface area contributed by atoms with Gasteiger partial charge in [0, 0.05) is 29.6 Å². The van der Waals surface area contributed by atoms with Crippen molar-refractivity contribution in [2.75, 3.05) is 6.61 Å². The third-order valence-corrected chi connectivity index (χ3v) is 5.66. The number of nitrogens with zero attached hydrogens (tertiary/aromatic N) is 2. The number of amides is 1. The molecule has 0 aliphatic rings. The van der Waals surface area contributed by atoms with Crippen molar-refractivity contribution in [2.24, 2.45) is 0 Å². The number of aromatic nitrogens is 2. The number of rotatable bonds is 10. The number of carbonyl (C=O) groups is 2. The zero-order valence-electron chi connectivity index (χ0n) is 18.3. The second-order valence-electron chi connectivity index (χ2n) is 7.53. The number of unbranched alkanes of at least 4 members (excludes halogenated alkanes) is 1. The summed E-state index contributed by atoms with van der Waals surface area (Å²) >= 11 is 11.9. The van der Waals surface area contributed by atoms with Crippen LogP contribution in [0.25, 0.3) is 11.0 Å². The maximum atomic E-state index is 12.9. The number of para-hydroxylation sites is 2. The predicted octanol–water partition coefficient (Wildman–Crippen LogP) is 4.30. The van der Waals surface area contributed by atoms with E-state index in [9.17, 15) is 14.4 Å². The average molecular weight is 490 g/mol. The lowest BCUT2D eigenvalue weighted by Gasteiger charge is -2.12. The Morgan fingerprint density at radius 1 is 1.15 bits per heavy atom. The van der Waals surface area contributed by atoms with E-state index in [-0.39, 0.29) is 24.9 Å². The molecule has 3 aromatic rings. The zero-order chi connectivity index (χ0) is 23.8.